The normalized spacial score (nSPS) is 11.8. The number of aromatic nitrogens is 1. The maximum absolute atomic E-state index is 11.2. The van der Waals surface area contributed by atoms with Gasteiger partial charge in [0.1, 0.15) is 5.84 Å². The number of halogens is 1. The molecule has 110 valence electrons. The lowest BCUT2D eigenvalue weighted by atomic mass is 10.2. The van der Waals surface area contributed by atoms with E-state index in [4.69, 9.17) is 17.3 Å². The van der Waals surface area contributed by atoms with Crippen LogP contribution in [0.3, 0.4) is 0 Å². The first-order valence-corrected chi connectivity index (χ1v) is 7.17. The number of fused-ring (bicyclic) bond motifs is 1. The summed E-state index contributed by atoms with van der Waals surface area (Å²) in [4.78, 5) is 15.5. The molecule has 0 saturated heterocycles. The van der Waals surface area contributed by atoms with Gasteiger partial charge < -0.3 is 10.3 Å². The molecule has 0 amide bonds. The van der Waals surface area contributed by atoms with Crippen molar-refractivity contribution >= 4 is 40.3 Å². The molecule has 0 radical (unpaired) electrons. The van der Waals surface area contributed by atoms with E-state index in [9.17, 15) is 4.79 Å². The van der Waals surface area contributed by atoms with Crippen molar-refractivity contribution in [3.8, 4) is 0 Å². The molecule has 0 aliphatic heterocycles. The van der Waals surface area contributed by atoms with Crippen LogP contribution in [0.1, 0.15) is 10.4 Å². The third-order valence-electron chi connectivity index (χ3n) is 3.38. The van der Waals surface area contributed by atoms with Crippen LogP contribution in [0.2, 0.25) is 5.02 Å². The van der Waals surface area contributed by atoms with Gasteiger partial charge in [0.15, 0.2) is 6.29 Å². The highest BCUT2D eigenvalue weighted by atomic mass is 35.5. The van der Waals surface area contributed by atoms with Gasteiger partial charge in [-0.25, -0.2) is 4.99 Å². The quantitative estimate of drug-likeness (QED) is 0.452. The summed E-state index contributed by atoms with van der Waals surface area (Å²) in [5, 5.41) is 1.57. The minimum absolute atomic E-state index is 0.414. The van der Waals surface area contributed by atoms with Crippen molar-refractivity contribution in [3.63, 3.8) is 0 Å². The van der Waals surface area contributed by atoms with Crippen LogP contribution in [0.5, 0.6) is 0 Å². The van der Waals surface area contributed by atoms with E-state index in [0.29, 0.717) is 23.0 Å². The van der Waals surface area contributed by atoms with Gasteiger partial charge in [-0.3, -0.25) is 4.79 Å². The molecule has 1 heterocycles. The maximum Gasteiger partial charge on any atom is 0.152 e. The third kappa shape index (κ3) is 2.87. The molecule has 0 aliphatic rings. The molecule has 4 nitrogen and oxygen atoms in total. The van der Waals surface area contributed by atoms with Gasteiger partial charge in [-0.1, -0.05) is 29.8 Å². The summed E-state index contributed by atoms with van der Waals surface area (Å²) in [5.74, 6) is 0.459. The highest BCUT2D eigenvalue weighted by molar-refractivity contribution is 6.30. The molecule has 2 aromatic carbocycles. The number of rotatable bonds is 4. The van der Waals surface area contributed by atoms with Gasteiger partial charge in [0, 0.05) is 27.7 Å². The second-order valence-corrected chi connectivity index (χ2v) is 5.36. The van der Waals surface area contributed by atoms with Crippen LogP contribution in [0.4, 0.5) is 5.69 Å². The zero-order valence-corrected chi connectivity index (χ0v) is 12.5. The van der Waals surface area contributed by atoms with Crippen LogP contribution < -0.4 is 5.73 Å². The van der Waals surface area contributed by atoms with Gasteiger partial charge in [0.25, 0.3) is 0 Å². The second kappa shape index (κ2) is 6.03. The molecule has 5 heteroatoms. The zero-order valence-electron chi connectivity index (χ0n) is 11.7. The summed E-state index contributed by atoms with van der Waals surface area (Å²) in [6.45, 7) is 0.414. The van der Waals surface area contributed by atoms with Crippen molar-refractivity contribution in [3.05, 3.63) is 65.3 Å². The largest absolute Gasteiger partial charge is 0.386 e. The lowest BCUT2D eigenvalue weighted by Crippen LogP contribution is -2.18. The average Bonchev–Trinajstić information content (AvgIpc) is 2.88. The Kier molecular flexibility index (Phi) is 3.94. The van der Waals surface area contributed by atoms with E-state index in [-0.39, 0.29) is 0 Å². The number of hydrogen-bond donors (Lipinski definition) is 1. The summed E-state index contributed by atoms with van der Waals surface area (Å²) in [7, 11) is 0. The Bertz CT molecular complexity index is 850. The molecule has 0 unspecified atom stereocenters. The van der Waals surface area contributed by atoms with E-state index in [1.807, 2.05) is 28.8 Å². The SMILES string of the molecule is NC(Cn1cc(C=O)c2ccccc21)=Nc1ccc(Cl)cc1. The monoisotopic (exact) mass is 311 g/mol. The Morgan fingerprint density at radius 1 is 1.18 bits per heavy atom. The van der Waals surface area contributed by atoms with Gasteiger partial charge in [0.05, 0.1) is 12.2 Å². The summed E-state index contributed by atoms with van der Waals surface area (Å²) >= 11 is 5.85. The predicted octanol–water partition coefficient (Wildman–Crippen LogP) is 3.80. The number of amidine groups is 1. The van der Waals surface area contributed by atoms with E-state index in [1.165, 1.54) is 0 Å². The Morgan fingerprint density at radius 3 is 2.64 bits per heavy atom. The van der Waals surface area contributed by atoms with Crippen LogP contribution in [0.25, 0.3) is 10.9 Å². The fourth-order valence-electron chi connectivity index (χ4n) is 2.39. The minimum atomic E-state index is 0.414. The molecular weight excluding hydrogens is 298 g/mol. The fourth-order valence-corrected chi connectivity index (χ4v) is 2.52. The highest BCUT2D eigenvalue weighted by Gasteiger charge is 2.08. The first-order valence-electron chi connectivity index (χ1n) is 6.79. The number of aliphatic imine (C=N–C) groups is 1. The van der Waals surface area contributed by atoms with Crippen molar-refractivity contribution in [2.24, 2.45) is 10.7 Å². The number of aldehydes is 1. The Hall–Kier alpha value is -2.59. The van der Waals surface area contributed by atoms with Crippen molar-refractivity contribution in [1.29, 1.82) is 0 Å². The van der Waals surface area contributed by atoms with E-state index >= 15 is 0 Å². The summed E-state index contributed by atoms with van der Waals surface area (Å²) in [5.41, 5.74) is 8.38. The molecule has 1 aromatic heterocycles. The number of benzene rings is 2. The number of para-hydroxylation sites is 1. The molecule has 0 atom stereocenters. The molecule has 0 bridgehead atoms. The number of nitrogens with zero attached hydrogens (tertiary/aromatic N) is 2. The lowest BCUT2D eigenvalue weighted by Gasteiger charge is -2.05. The van der Waals surface area contributed by atoms with Gasteiger partial charge in [-0.2, -0.15) is 0 Å². The molecule has 0 fully saturated rings. The molecule has 3 aromatic rings. The van der Waals surface area contributed by atoms with Gasteiger partial charge >= 0.3 is 0 Å². The Morgan fingerprint density at radius 2 is 1.91 bits per heavy atom. The average molecular weight is 312 g/mol. The summed E-state index contributed by atoms with van der Waals surface area (Å²) < 4.78 is 1.92. The maximum atomic E-state index is 11.2. The zero-order chi connectivity index (χ0) is 15.5. The van der Waals surface area contributed by atoms with Crippen LogP contribution in [0.15, 0.2) is 59.7 Å². The van der Waals surface area contributed by atoms with E-state index in [1.54, 1.807) is 30.5 Å². The number of carbonyl (C=O) groups is 1. The second-order valence-electron chi connectivity index (χ2n) is 4.93. The van der Waals surface area contributed by atoms with Crippen molar-refractivity contribution in [2.75, 3.05) is 0 Å². The molecule has 0 saturated carbocycles. The minimum Gasteiger partial charge on any atom is -0.386 e. The van der Waals surface area contributed by atoms with E-state index in [2.05, 4.69) is 4.99 Å². The first-order chi connectivity index (χ1) is 10.7. The van der Waals surface area contributed by atoms with Crippen LogP contribution >= 0.6 is 11.6 Å². The molecule has 0 spiro atoms. The van der Waals surface area contributed by atoms with Crippen molar-refractivity contribution in [2.45, 2.75) is 6.54 Å². The van der Waals surface area contributed by atoms with Crippen molar-refractivity contribution < 1.29 is 4.79 Å². The van der Waals surface area contributed by atoms with Gasteiger partial charge in [-0.05, 0) is 30.3 Å². The van der Waals surface area contributed by atoms with Crippen LogP contribution in [-0.2, 0) is 6.54 Å². The van der Waals surface area contributed by atoms with E-state index < -0.39 is 0 Å². The third-order valence-corrected chi connectivity index (χ3v) is 3.63. The topological polar surface area (TPSA) is 60.4 Å². The molecule has 2 N–H and O–H groups in total. The highest BCUT2D eigenvalue weighted by Crippen LogP contribution is 2.20. The smallest absolute Gasteiger partial charge is 0.152 e. The van der Waals surface area contributed by atoms with Gasteiger partial charge in [-0.15, -0.1) is 0 Å². The Balaban J connectivity index is 1.92. The predicted molar refractivity (Wildman–Crippen MR) is 90.1 cm³/mol. The molecular formula is C17H14ClN3O. The van der Waals surface area contributed by atoms with Gasteiger partial charge in [0.2, 0.25) is 0 Å². The Labute approximate surface area is 132 Å². The van der Waals surface area contributed by atoms with Crippen LogP contribution in [0, 0.1) is 0 Å². The number of hydrogen-bond acceptors (Lipinski definition) is 2. The fraction of sp³-hybridized carbons (Fsp3) is 0.0588. The number of nitrogens with two attached hydrogens (primary N) is 1. The van der Waals surface area contributed by atoms with E-state index in [0.717, 1.165) is 22.9 Å². The standard InChI is InChI=1S/C17H14ClN3O/c18-13-5-7-14(8-6-13)20-17(19)10-21-9-12(11-22)15-3-1-2-4-16(15)21/h1-9,11H,10H2,(H2,19,20). The molecule has 0 aliphatic carbocycles. The molecule has 22 heavy (non-hydrogen) atoms. The summed E-state index contributed by atoms with van der Waals surface area (Å²) in [6, 6.07) is 14.9. The lowest BCUT2D eigenvalue weighted by molar-refractivity contribution is 0.112. The number of carbonyl (C=O) groups excluding carboxylic acids is 1. The van der Waals surface area contributed by atoms with Crippen molar-refractivity contribution in [1.82, 2.24) is 4.57 Å². The molecule has 3 rings (SSSR count). The summed E-state index contributed by atoms with van der Waals surface area (Å²) in [6.07, 6.45) is 2.65. The first kappa shape index (κ1) is 14.4. The van der Waals surface area contributed by atoms with Crippen LogP contribution in [-0.4, -0.2) is 16.7 Å².